The average molecular weight is 370 g/mol. The molecule has 10 heteroatoms. The molecule has 0 bridgehead atoms. The maximum Gasteiger partial charge on any atom is 0.295 e. The van der Waals surface area contributed by atoms with Crippen LogP contribution in [0.4, 0.5) is 10.1 Å². The largest absolute Gasteiger partial charge is 0.441 e. The van der Waals surface area contributed by atoms with Gasteiger partial charge >= 0.3 is 0 Å². The van der Waals surface area contributed by atoms with Gasteiger partial charge in [-0.25, -0.2) is 9.49 Å². The van der Waals surface area contributed by atoms with E-state index in [9.17, 15) is 17.6 Å². The molecule has 124 valence electrons. The molecular weight excluding hydrogens is 361 g/mol. The van der Waals surface area contributed by atoms with E-state index >= 15 is 0 Å². The van der Waals surface area contributed by atoms with E-state index in [0.29, 0.717) is 0 Å². The summed E-state index contributed by atoms with van der Waals surface area (Å²) in [5, 5.41) is 5.48. The van der Waals surface area contributed by atoms with Crippen molar-refractivity contribution in [1.82, 2.24) is 10.2 Å². The molecule has 0 fully saturated rings. The zero-order chi connectivity index (χ0) is 17.3. The highest BCUT2D eigenvalue weighted by Crippen LogP contribution is 2.27. The lowest BCUT2D eigenvalue weighted by Crippen LogP contribution is -2.12. The van der Waals surface area contributed by atoms with Gasteiger partial charge in [-0.2, -0.15) is 13.5 Å². The lowest BCUT2D eigenvalue weighted by atomic mass is 10.3. The van der Waals surface area contributed by atoms with Crippen LogP contribution < -0.4 is 10.3 Å². The number of hydrogen-bond donors (Lipinski definition) is 2. The van der Waals surface area contributed by atoms with E-state index in [2.05, 4.69) is 14.9 Å². The van der Waals surface area contributed by atoms with Gasteiger partial charge in [0.15, 0.2) is 5.76 Å². The van der Waals surface area contributed by atoms with Gasteiger partial charge in [0, 0.05) is 6.07 Å². The zero-order valence-electron chi connectivity index (χ0n) is 11.8. The Morgan fingerprint density at radius 2 is 1.96 bits per heavy atom. The van der Waals surface area contributed by atoms with Gasteiger partial charge in [0.2, 0.25) is 5.09 Å². The molecule has 3 rings (SSSR count). The number of hydrogen-bond acceptors (Lipinski definition) is 5. The summed E-state index contributed by atoms with van der Waals surface area (Å²) in [5.74, 6) is -0.441. The molecule has 3 aromatic rings. The normalized spacial score (nSPS) is 11.4. The minimum Gasteiger partial charge on any atom is -0.441 e. The molecule has 7 nitrogen and oxygen atoms in total. The Bertz CT molecular complexity index is 1040. The smallest absolute Gasteiger partial charge is 0.295 e. The fourth-order valence-electron chi connectivity index (χ4n) is 1.85. The van der Waals surface area contributed by atoms with E-state index in [4.69, 9.17) is 16.0 Å². The van der Waals surface area contributed by atoms with Crippen molar-refractivity contribution in [3.8, 4) is 11.5 Å². The molecule has 2 aromatic heterocycles. The molecule has 0 aliphatic heterocycles. The van der Waals surface area contributed by atoms with Gasteiger partial charge in [-0.1, -0.05) is 11.6 Å². The lowest BCUT2D eigenvalue weighted by molar-refractivity contribution is 0.461. The Balaban J connectivity index is 1.90. The SMILES string of the molecule is O=c1ccc(-c2ccc(S(=O)(=O)Nc3ccc(F)cc3Cl)o2)n[nH]1. The van der Waals surface area contributed by atoms with Crippen LogP contribution in [-0.4, -0.2) is 18.6 Å². The van der Waals surface area contributed by atoms with Gasteiger partial charge in [-0.05, 0) is 36.4 Å². The van der Waals surface area contributed by atoms with Crippen LogP contribution in [0, 0.1) is 5.82 Å². The van der Waals surface area contributed by atoms with Crippen molar-refractivity contribution >= 4 is 27.3 Å². The second-order valence-corrected chi connectivity index (χ2v) is 6.68. The number of furan rings is 1. The van der Waals surface area contributed by atoms with Crippen LogP contribution in [0.5, 0.6) is 0 Å². The Labute approximate surface area is 140 Å². The van der Waals surface area contributed by atoms with E-state index in [-0.39, 0.29) is 27.3 Å². The number of aromatic amines is 1. The summed E-state index contributed by atoms with van der Waals surface area (Å²) < 4.78 is 45.1. The molecule has 0 saturated carbocycles. The molecule has 2 N–H and O–H groups in total. The first kappa shape index (κ1) is 16.2. The van der Waals surface area contributed by atoms with Crippen molar-refractivity contribution in [2.45, 2.75) is 5.09 Å². The molecule has 0 aliphatic rings. The van der Waals surface area contributed by atoms with Gasteiger partial charge in [0.1, 0.15) is 11.5 Å². The Morgan fingerprint density at radius 3 is 2.62 bits per heavy atom. The molecule has 0 radical (unpaired) electrons. The third-order valence-corrected chi connectivity index (χ3v) is 4.50. The first-order chi connectivity index (χ1) is 11.3. The predicted octanol–water partition coefficient (Wildman–Crippen LogP) is 2.62. The highest BCUT2D eigenvalue weighted by atomic mass is 35.5. The molecule has 0 amide bonds. The molecule has 0 saturated heterocycles. The van der Waals surface area contributed by atoms with Gasteiger partial charge < -0.3 is 4.42 Å². The third-order valence-electron chi connectivity index (χ3n) is 2.95. The van der Waals surface area contributed by atoms with Gasteiger partial charge in [-0.15, -0.1) is 0 Å². The summed E-state index contributed by atoms with van der Waals surface area (Å²) in [6.07, 6.45) is 0. The Morgan fingerprint density at radius 1 is 1.17 bits per heavy atom. The van der Waals surface area contributed by atoms with E-state index in [0.717, 1.165) is 12.1 Å². The van der Waals surface area contributed by atoms with Crippen LogP contribution >= 0.6 is 11.6 Å². The number of nitrogens with zero attached hydrogens (tertiary/aromatic N) is 1. The first-order valence-electron chi connectivity index (χ1n) is 6.49. The van der Waals surface area contributed by atoms with Crippen molar-refractivity contribution in [3.05, 3.63) is 63.7 Å². The minimum atomic E-state index is -4.07. The Hall–Kier alpha value is -2.65. The summed E-state index contributed by atoms with van der Waals surface area (Å²) in [5.41, 5.74) is -0.125. The molecular formula is C14H9ClFN3O4S. The van der Waals surface area contributed by atoms with Crippen LogP contribution in [0.2, 0.25) is 5.02 Å². The maximum atomic E-state index is 13.0. The molecule has 0 aliphatic carbocycles. The highest BCUT2D eigenvalue weighted by Gasteiger charge is 2.21. The van der Waals surface area contributed by atoms with Crippen molar-refractivity contribution in [3.63, 3.8) is 0 Å². The van der Waals surface area contributed by atoms with E-state index in [1.807, 2.05) is 0 Å². The zero-order valence-corrected chi connectivity index (χ0v) is 13.4. The van der Waals surface area contributed by atoms with Crippen LogP contribution in [0.3, 0.4) is 0 Å². The molecule has 24 heavy (non-hydrogen) atoms. The number of nitrogens with one attached hydrogen (secondary N) is 2. The maximum absolute atomic E-state index is 13.0. The van der Waals surface area contributed by atoms with Crippen molar-refractivity contribution in [2.24, 2.45) is 0 Å². The van der Waals surface area contributed by atoms with Gasteiger partial charge in [-0.3, -0.25) is 9.52 Å². The molecule has 1 aromatic carbocycles. The molecule has 0 spiro atoms. The van der Waals surface area contributed by atoms with Gasteiger partial charge in [0.05, 0.1) is 10.7 Å². The number of halogens is 2. The third kappa shape index (κ3) is 3.31. The second kappa shape index (κ2) is 6.10. The van der Waals surface area contributed by atoms with Crippen LogP contribution in [0.15, 0.2) is 56.8 Å². The topological polar surface area (TPSA) is 105 Å². The highest BCUT2D eigenvalue weighted by molar-refractivity contribution is 7.92. The number of anilines is 1. The summed E-state index contributed by atoms with van der Waals surface area (Å²) in [4.78, 5) is 11.0. The molecule has 2 heterocycles. The molecule has 0 atom stereocenters. The number of benzene rings is 1. The fraction of sp³-hybridized carbons (Fsp3) is 0. The number of rotatable bonds is 4. The summed E-state index contributed by atoms with van der Waals surface area (Å²) in [6.45, 7) is 0. The van der Waals surface area contributed by atoms with Crippen molar-refractivity contribution in [2.75, 3.05) is 4.72 Å². The summed E-state index contributed by atoms with van der Waals surface area (Å²) in [6, 6.07) is 8.48. The predicted molar refractivity (Wildman–Crippen MR) is 84.8 cm³/mol. The van der Waals surface area contributed by atoms with E-state index in [1.54, 1.807) is 0 Å². The number of sulfonamides is 1. The van der Waals surface area contributed by atoms with E-state index < -0.39 is 21.4 Å². The monoisotopic (exact) mass is 369 g/mol. The van der Waals surface area contributed by atoms with Crippen molar-refractivity contribution < 1.29 is 17.2 Å². The Kier molecular flexibility index (Phi) is 4.12. The number of aromatic nitrogens is 2. The fourth-order valence-corrected chi connectivity index (χ4v) is 3.14. The lowest BCUT2D eigenvalue weighted by Gasteiger charge is -2.07. The minimum absolute atomic E-state index is 0.0122. The van der Waals surface area contributed by atoms with E-state index in [1.165, 1.54) is 30.3 Å². The number of H-pyrrole nitrogens is 1. The summed E-state index contributed by atoms with van der Waals surface area (Å²) in [7, 11) is -4.07. The average Bonchev–Trinajstić information content (AvgIpc) is 3.02. The summed E-state index contributed by atoms with van der Waals surface area (Å²) >= 11 is 5.80. The quantitative estimate of drug-likeness (QED) is 0.735. The van der Waals surface area contributed by atoms with Crippen LogP contribution in [-0.2, 0) is 10.0 Å². The van der Waals surface area contributed by atoms with Crippen LogP contribution in [0.25, 0.3) is 11.5 Å². The second-order valence-electron chi connectivity index (χ2n) is 4.65. The van der Waals surface area contributed by atoms with Gasteiger partial charge in [0.25, 0.3) is 15.6 Å². The van der Waals surface area contributed by atoms with Crippen molar-refractivity contribution in [1.29, 1.82) is 0 Å². The standard InChI is InChI=1S/C14H9ClFN3O4S/c15-9-7-8(16)1-2-10(9)19-24(21,22)14-6-4-12(23-14)11-3-5-13(20)18-17-11/h1-7,19H,(H,18,20). The first-order valence-corrected chi connectivity index (χ1v) is 8.35. The van der Waals surface area contributed by atoms with Crippen LogP contribution in [0.1, 0.15) is 0 Å². The molecule has 0 unspecified atom stereocenters.